The molecule has 9 heteroatoms. The van der Waals surface area contributed by atoms with Crippen molar-refractivity contribution in [3.05, 3.63) is 83.7 Å². The third-order valence-electron chi connectivity index (χ3n) is 4.67. The molecular weight excluding hydrogens is 423 g/mol. The number of nitrogens with one attached hydrogen (secondary N) is 2. The Bertz CT molecular complexity index is 1270. The monoisotopic (exact) mass is 440 g/mol. The van der Waals surface area contributed by atoms with Crippen LogP contribution in [0.1, 0.15) is 20.7 Å². The van der Waals surface area contributed by atoms with Crippen molar-refractivity contribution in [3.8, 4) is 5.75 Å². The van der Waals surface area contributed by atoms with Gasteiger partial charge in [0, 0.05) is 5.56 Å². The summed E-state index contributed by atoms with van der Waals surface area (Å²) in [5.41, 5.74) is 0.265. The molecule has 3 aromatic rings. The first-order valence-corrected chi connectivity index (χ1v) is 10.8. The van der Waals surface area contributed by atoms with Crippen molar-refractivity contribution in [1.29, 1.82) is 0 Å². The topological polar surface area (TPSA) is 102 Å². The van der Waals surface area contributed by atoms with Gasteiger partial charge < -0.3 is 15.4 Å². The fourth-order valence-electron chi connectivity index (χ4n) is 3.17. The zero-order valence-corrected chi connectivity index (χ0v) is 16.9. The Morgan fingerprint density at radius 3 is 2.52 bits per heavy atom. The number of fused-ring (bicyclic) bond motifs is 2. The van der Waals surface area contributed by atoms with Crippen molar-refractivity contribution in [2.24, 2.45) is 0 Å². The molecule has 1 heterocycles. The Labute approximate surface area is 177 Å². The summed E-state index contributed by atoms with van der Waals surface area (Å²) >= 11 is 0. The number of halogens is 1. The molecule has 0 aliphatic carbocycles. The molecule has 4 rings (SSSR count). The maximum atomic E-state index is 13.0. The van der Waals surface area contributed by atoms with E-state index in [1.165, 1.54) is 54.6 Å². The third kappa shape index (κ3) is 4.13. The van der Waals surface area contributed by atoms with Crippen molar-refractivity contribution in [2.45, 2.75) is 9.79 Å². The Balaban J connectivity index is 1.48. The summed E-state index contributed by atoms with van der Waals surface area (Å²) in [6.45, 7) is 0.326. The van der Waals surface area contributed by atoms with Crippen molar-refractivity contribution >= 4 is 27.3 Å². The highest BCUT2D eigenvalue weighted by Gasteiger charge is 2.31. The van der Waals surface area contributed by atoms with Crippen LogP contribution < -0.4 is 15.4 Å². The number of carbonyl (C=O) groups excluding carboxylic acids is 2. The molecule has 0 spiro atoms. The van der Waals surface area contributed by atoms with Gasteiger partial charge in [0.1, 0.15) is 18.2 Å². The van der Waals surface area contributed by atoms with Crippen LogP contribution in [0.3, 0.4) is 0 Å². The summed E-state index contributed by atoms with van der Waals surface area (Å²) in [6.07, 6.45) is 0. The fourth-order valence-corrected chi connectivity index (χ4v) is 4.76. The van der Waals surface area contributed by atoms with E-state index in [4.69, 9.17) is 4.74 Å². The molecule has 1 aliphatic heterocycles. The minimum Gasteiger partial charge on any atom is -0.492 e. The predicted octanol–water partition coefficient (Wildman–Crippen LogP) is 3.03. The lowest BCUT2D eigenvalue weighted by Crippen LogP contribution is -2.28. The van der Waals surface area contributed by atoms with E-state index in [-0.39, 0.29) is 45.6 Å². The summed E-state index contributed by atoms with van der Waals surface area (Å²) in [5, 5.41) is 5.22. The molecule has 2 N–H and O–H groups in total. The van der Waals surface area contributed by atoms with E-state index in [0.717, 1.165) is 0 Å². The Kier molecular flexibility index (Phi) is 5.43. The second-order valence-electron chi connectivity index (χ2n) is 6.72. The highest BCUT2D eigenvalue weighted by Crippen LogP contribution is 2.34. The number of rotatable bonds is 5. The third-order valence-corrected chi connectivity index (χ3v) is 6.54. The van der Waals surface area contributed by atoms with Crippen LogP contribution in [-0.4, -0.2) is 33.4 Å². The van der Waals surface area contributed by atoms with Crippen LogP contribution in [0.4, 0.5) is 10.1 Å². The van der Waals surface area contributed by atoms with Gasteiger partial charge in [0.25, 0.3) is 11.8 Å². The van der Waals surface area contributed by atoms with Crippen LogP contribution in [0.15, 0.2) is 76.5 Å². The summed E-state index contributed by atoms with van der Waals surface area (Å²) < 4.78 is 44.3. The number of carbonyl (C=O) groups is 2. The van der Waals surface area contributed by atoms with Crippen LogP contribution in [0.5, 0.6) is 5.75 Å². The Morgan fingerprint density at radius 1 is 1.00 bits per heavy atom. The van der Waals surface area contributed by atoms with E-state index in [9.17, 15) is 22.4 Å². The van der Waals surface area contributed by atoms with E-state index in [1.54, 1.807) is 12.1 Å². The minimum absolute atomic E-state index is 0.0383. The highest BCUT2D eigenvalue weighted by molar-refractivity contribution is 7.91. The molecule has 0 radical (unpaired) electrons. The first kappa shape index (κ1) is 20.5. The number of hydrogen-bond donors (Lipinski definition) is 2. The number of benzene rings is 3. The van der Waals surface area contributed by atoms with Gasteiger partial charge in [-0.15, -0.1) is 0 Å². The standard InChI is InChI=1S/C22H17FN2O5S/c23-15-6-8-16(9-7-15)30-12-11-24-21(26)14-5-10-20-18(13-14)25-22(27)17-3-1-2-4-19(17)31(20,28)29/h1-10,13H,11-12H2,(H,24,26)(H,25,27). The average molecular weight is 440 g/mol. The van der Waals surface area contributed by atoms with Crippen LogP contribution in [0.25, 0.3) is 0 Å². The van der Waals surface area contributed by atoms with Crippen LogP contribution >= 0.6 is 0 Å². The van der Waals surface area contributed by atoms with E-state index in [1.807, 2.05) is 0 Å². The molecule has 1 aliphatic rings. The van der Waals surface area contributed by atoms with Gasteiger partial charge in [0.05, 0.1) is 27.6 Å². The molecule has 31 heavy (non-hydrogen) atoms. The van der Waals surface area contributed by atoms with Crippen molar-refractivity contribution in [3.63, 3.8) is 0 Å². The summed E-state index contributed by atoms with van der Waals surface area (Å²) in [6, 6.07) is 15.4. The predicted molar refractivity (Wildman–Crippen MR) is 111 cm³/mol. The molecule has 3 aromatic carbocycles. The number of hydrogen-bond acceptors (Lipinski definition) is 5. The van der Waals surface area contributed by atoms with E-state index in [0.29, 0.717) is 5.75 Å². The van der Waals surface area contributed by atoms with Crippen molar-refractivity contribution in [2.75, 3.05) is 18.5 Å². The Morgan fingerprint density at radius 2 is 1.74 bits per heavy atom. The van der Waals surface area contributed by atoms with Gasteiger partial charge in [0.15, 0.2) is 0 Å². The van der Waals surface area contributed by atoms with Crippen molar-refractivity contribution < 1.29 is 27.1 Å². The van der Waals surface area contributed by atoms with Gasteiger partial charge in [-0.1, -0.05) is 12.1 Å². The van der Waals surface area contributed by atoms with Gasteiger partial charge in [-0.2, -0.15) is 0 Å². The lowest BCUT2D eigenvalue weighted by Gasteiger charge is -2.11. The fraction of sp³-hybridized carbons (Fsp3) is 0.0909. The smallest absolute Gasteiger partial charge is 0.257 e. The normalized spacial score (nSPS) is 13.9. The lowest BCUT2D eigenvalue weighted by atomic mass is 10.1. The molecule has 0 saturated heterocycles. The molecule has 158 valence electrons. The quantitative estimate of drug-likeness (QED) is 0.594. The maximum absolute atomic E-state index is 13.0. The van der Waals surface area contributed by atoms with E-state index < -0.39 is 21.7 Å². The van der Waals surface area contributed by atoms with Gasteiger partial charge in [-0.05, 0) is 54.6 Å². The molecule has 0 fully saturated rings. The second kappa shape index (κ2) is 8.19. The molecular formula is C22H17FN2O5S. The number of anilines is 1. The number of amides is 2. The van der Waals surface area contributed by atoms with Gasteiger partial charge in [-0.3, -0.25) is 9.59 Å². The molecule has 0 saturated carbocycles. The molecule has 0 bridgehead atoms. The molecule has 0 aromatic heterocycles. The summed E-state index contributed by atoms with van der Waals surface area (Å²) in [4.78, 5) is 24.8. The molecule has 7 nitrogen and oxygen atoms in total. The summed E-state index contributed by atoms with van der Waals surface area (Å²) in [7, 11) is -3.93. The van der Waals surface area contributed by atoms with Crippen LogP contribution in [0, 0.1) is 5.82 Å². The minimum atomic E-state index is -3.93. The number of ether oxygens (including phenoxy) is 1. The van der Waals surface area contributed by atoms with E-state index >= 15 is 0 Å². The lowest BCUT2D eigenvalue weighted by molar-refractivity contribution is 0.0945. The van der Waals surface area contributed by atoms with Crippen LogP contribution in [-0.2, 0) is 9.84 Å². The molecule has 0 atom stereocenters. The van der Waals surface area contributed by atoms with E-state index in [2.05, 4.69) is 10.6 Å². The van der Waals surface area contributed by atoms with Crippen LogP contribution in [0.2, 0.25) is 0 Å². The first-order valence-electron chi connectivity index (χ1n) is 9.32. The average Bonchev–Trinajstić information content (AvgIpc) is 2.85. The zero-order chi connectivity index (χ0) is 22.0. The largest absolute Gasteiger partial charge is 0.492 e. The van der Waals surface area contributed by atoms with Crippen molar-refractivity contribution in [1.82, 2.24) is 5.32 Å². The highest BCUT2D eigenvalue weighted by atomic mass is 32.2. The van der Waals surface area contributed by atoms with Gasteiger partial charge in [0.2, 0.25) is 9.84 Å². The number of sulfone groups is 1. The summed E-state index contributed by atoms with van der Waals surface area (Å²) in [5.74, 6) is -0.934. The maximum Gasteiger partial charge on any atom is 0.257 e. The second-order valence-corrected chi connectivity index (χ2v) is 8.61. The van der Waals surface area contributed by atoms with Gasteiger partial charge >= 0.3 is 0 Å². The zero-order valence-electron chi connectivity index (χ0n) is 16.1. The first-order chi connectivity index (χ1) is 14.9. The SMILES string of the molecule is O=C(NCCOc1ccc(F)cc1)c1ccc2c(c1)NC(=O)c1ccccc1S2(=O)=O. The Hall–Kier alpha value is -3.72. The molecule has 0 unspecified atom stereocenters. The molecule has 2 amide bonds. The van der Waals surface area contributed by atoms with Gasteiger partial charge in [-0.25, -0.2) is 12.8 Å².